The highest BCUT2D eigenvalue weighted by molar-refractivity contribution is 5.77. The Balaban J connectivity index is 2.69. The van der Waals surface area contributed by atoms with Crippen molar-refractivity contribution in [1.82, 2.24) is 0 Å². The molecule has 20 heavy (non-hydrogen) atoms. The lowest BCUT2D eigenvalue weighted by molar-refractivity contribution is -0.143. The quantitative estimate of drug-likeness (QED) is 0.613. The average molecular weight is 281 g/mol. The minimum atomic E-state index is -1.25. The number of carboxylic acid groups (broad SMARTS) is 1. The van der Waals surface area contributed by atoms with Crippen LogP contribution in [0.2, 0.25) is 0 Å². The maximum Gasteiger partial charge on any atom is 0.323 e. The van der Waals surface area contributed by atoms with Crippen molar-refractivity contribution in [3.63, 3.8) is 0 Å². The predicted molar refractivity (Wildman–Crippen MR) is 76.7 cm³/mol. The van der Waals surface area contributed by atoms with Gasteiger partial charge >= 0.3 is 5.97 Å². The van der Waals surface area contributed by atoms with Gasteiger partial charge in [-0.2, -0.15) is 0 Å². The molecule has 0 bridgehead atoms. The fourth-order valence-corrected chi connectivity index (χ4v) is 2.30. The van der Waals surface area contributed by atoms with Gasteiger partial charge in [-0.05, 0) is 44.2 Å². The van der Waals surface area contributed by atoms with Gasteiger partial charge in [0.25, 0.3) is 0 Å². The van der Waals surface area contributed by atoms with E-state index in [2.05, 4.69) is 0 Å². The molecule has 112 valence electrons. The van der Waals surface area contributed by atoms with Crippen LogP contribution in [0.25, 0.3) is 0 Å². The third-order valence-corrected chi connectivity index (χ3v) is 3.71. The molecule has 0 aliphatic carbocycles. The van der Waals surface area contributed by atoms with E-state index in [1.165, 1.54) is 19.1 Å². The van der Waals surface area contributed by atoms with Gasteiger partial charge < -0.3 is 21.1 Å². The summed E-state index contributed by atoms with van der Waals surface area (Å²) in [6, 6.07) is 4.63. The number of hydrogen-bond donors (Lipinski definition) is 4. The van der Waals surface area contributed by atoms with Gasteiger partial charge in [0, 0.05) is 5.56 Å². The number of benzene rings is 1. The SMILES string of the molecule is CCC(CCc1c(O)cccc1O)CC(C)(N)C(=O)O. The van der Waals surface area contributed by atoms with Crippen LogP contribution in [0.4, 0.5) is 0 Å². The largest absolute Gasteiger partial charge is 0.508 e. The molecule has 5 N–H and O–H groups in total. The van der Waals surface area contributed by atoms with Crippen molar-refractivity contribution in [3.05, 3.63) is 23.8 Å². The molecule has 0 saturated carbocycles. The molecule has 0 fully saturated rings. The molecule has 0 heterocycles. The molecule has 0 aromatic heterocycles. The van der Waals surface area contributed by atoms with Crippen molar-refractivity contribution < 1.29 is 20.1 Å². The van der Waals surface area contributed by atoms with E-state index in [0.29, 0.717) is 24.8 Å². The summed E-state index contributed by atoms with van der Waals surface area (Å²) in [5.41, 5.74) is 5.02. The van der Waals surface area contributed by atoms with Gasteiger partial charge in [0.1, 0.15) is 17.0 Å². The number of phenolic OH excluding ortho intramolecular Hbond substituents is 2. The first-order valence-corrected chi connectivity index (χ1v) is 6.80. The van der Waals surface area contributed by atoms with Crippen LogP contribution < -0.4 is 5.73 Å². The maximum absolute atomic E-state index is 11.0. The Labute approximate surface area is 119 Å². The predicted octanol–water partition coefficient (Wildman–Crippen LogP) is 2.25. The maximum atomic E-state index is 11.0. The minimum absolute atomic E-state index is 0.0635. The topological polar surface area (TPSA) is 104 Å². The molecule has 0 aliphatic heterocycles. The number of hydrogen-bond acceptors (Lipinski definition) is 4. The fraction of sp³-hybridized carbons (Fsp3) is 0.533. The summed E-state index contributed by atoms with van der Waals surface area (Å²) in [6.07, 6.45) is 2.33. The number of carboxylic acids is 1. The number of aliphatic carboxylic acids is 1. The van der Waals surface area contributed by atoms with Crippen LogP contribution in [0.1, 0.15) is 38.7 Å². The Morgan fingerprint density at radius 3 is 2.35 bits per heavy atom. The van der Waals surface area contributed by atoms with Gasteiger partial charge in [-0.25, -0.2) is 0 Å². The van der Waals surface area contributed by atoms with E-state index >= 15 is 0 Å². The number of rotatable bonds is 7. The van der Waals surface area contributed by atoms with Crippen molar-refractivity contribution in [2.45, 2.75) is 45.1 Å². The Morgan fingerprint density at radius 1 is 1.35 bits per heavy atom. The molecular weight excluding hydrogens is 258 g/mol. The van der Waals surface area contributed by atoms with Gasteiger partial charge in [-0.15, -0.1) is 0 Å². The van der Waals surface area contributed by atoms with Crippen LogP contribution in [-0.4, -0.2) is 26.8 Å². The van der Waals surface area contributed by atoms with E-state index < -0.39 is 11.5 Å². The number of nitrogens with two attached hydrogens (primary N) is 1. The van der Waals surface area contributed by atoms with Gasteiger partial charge in [0.15, 0.2) is 0 Å². The summed E-state index contributed by atoms with van der Waals surface area (Å²) >= 11 is 0. The lowest BCUT2D eigenvalue weighted by atomic mass is 9.84. The Morgan fingerprint density at radius 2 is 1.90 bits per heavy atom. The fourth-order valence-electron chi connectivity index (χ4n) is 2.30. The van der Waals surface area contributed by atoms with Gasteiger partial charge in [-0.1, -0.05) is 19.4 Å². The first-order chi connectivity index (χ1) is 9.27. The van der Waals surface area contributed by atoms with E-state index in [-0.39, 0.29) is 17.4 Å². The third kappa shape index (κ3) is 4.13. The van der Waals surface area contributed by atoms with Crippen LogP contribution in [0.15, 0.2) is 18.2 Å². The highest BCUT2D eigenvalue weighted by atomic mass is 16.4. The summed E-state index contributed by atoms with van der Waals surface area (Å²) in [6.45, 7) is 3.49. The Hall–Kier alpha value is -1.75. The molecule has 1 aromatic carbocycles. The molecule has 5 nitrogen and oxygen atoms in total. The molecule has 5 heteroatoms. The first-order valence-electron chi connectivity index (χ1n) is 6.80. The second kappa shape index (κ2) is 6.61. The summed E-state index contributed by atoms with van der Waals surface area (Å²) in [5.74, 6) is -0.761. The average Bonchev–Trinajstić information content (AvgIpc) is 2.36. The van der Waals surface area contributed by atoms with E-state index in [1.54, 1.807) is 6.07 Å². The zero-order valence-electron chi connectivity index (χ0n) is 12.0. The van der Waals surface area contributed by atoms with Crippen molar-refractivity contribution >= 4 is 5.97 Å². The van der Waals surface area contributed by atoms with Gasteiger partial charge in [0.2, 0.25) is 0 Å². The molecule has 1 rings (SSSR count). The lowest BCUT2D eigenvalue weighted by Gasteiger charge is -2.25. The van der Waals surface area contributed by atoms with Crippen LogP contribution in [0.5, 0.6) is 11.5 Å². The lowest BCUT2D eigenvalue weighted by Crippen LogP contribution is -2.46. The minimum Gasteiger partial charge on any atom is -0.508 e. The number of phenols is 2. The van der Waals surface area contributed by atoms with Crippen LogP contribution in [0, 0.1) is 5.92 Å². The van der Waals surface area contributed by atoms with E-state index in [1.807, 2.05) is 6.92 Å². The molecule has 2 unspecified atom stereocenters. The summed E-state index contributed by atoms with van der Waals surface area (Å²) in [7, 11) is 0. The standard InChI is InChI=1S/C15H23NO4/c1-3-10(9-15(2,16)14(19)20)7-8-11-12(17)5-4-6-13(11)18/h4-6,10,17-18H,3,7-9,16H2,1-2H3,(H,19,20). The monoisotopic (exact) mass is 281 g/mol. The first kappa shape index (κ1) is 16.3. The van der Waals surface area contributed by atoms with Gasteiger partial charge in [0.05, 0.1) is 0 Å². The molecule has 1 aromatic rings. The van der Waals surface area contributed by atoms with E-state index in [4.69, 9.17) is 10.8 Å². The van der Waals surface area contributed by atoms with Crippen LogP contribution in [0.3, 0.4) is 0 Å². The molecule has 0 aliphatic rings. The highest BCUT2D eigenvalue weighted by Crippen LogP contribution is 2.30. The number of carbonyl (C=O) groups is 1. The Kier molecular flexibility index (Phi) is 5.39. The van der Waals surface area contributed by atoms with Crippen molar-refractivity contribution in [2.24, 2.45) is 11.7 Å². The normalized spacial score (nSPS) is 15.6. The van der Waals surface area contributed by atoms with Crippen molar-refractivity contribution in [2.75, 3.05) is 0 Å². The van der Waals surface area contributed by atoms with Crippen molar-refractivity contribution in [1.29, 1.82) is 0 Å². The second-order valence-corrected chi connectivity index (χ2v) is 5.51. The van der Waals surface area contributed by atoms with E-state index in [9.17, 15) is 15.0 Å². The highest BCUT2D eigenvalue weighted by Gasteiger charge is 2.30. The molecule has 2 atom stereocenters. The smallest absolute Gasteiger partial charge is 0.323 e. The molecule has 0 radical (unpaired) electrons. The van der Waals surface area contributed by atoms with Crippen LogP contribution in [-0.2, 0) is 11.2 Å². The molecular formula is C15H23NO4. The van der Waals surface area contributed by atoms with Gasteiger partial charge in [-0.3, -0.25) is 4.79 Å². The zero-order chi connectivity index (χ0) is 15.3. The van der Waals surface area contributed by atoms with Crippen molar-refractivity contribution in [3.8, 4) is 11.5 Å². The molecule has 0 saturated heterocycles. The number of aromatic hydroxyl groups is 2. The summed E-state index contributed by atoms with van der Waals surface area (Å²) < 4.78 is 0. The van der Waals surface area contributed by atoms with Crippen LogP contribution >= 0.6 is 0 Å². The molecule has 0 spiro atoms. The summed E-state index contributed by atoms with van der Waals surface area (Å²) in [4.78, 5) is 11.0. The zero-order valence-corrected chi connectivity index (χ0v) is 12.0. The second-order valence-electron chi connectivity index (χ2n) is 5.51. The Bertz CT molecular complexity index is 451. The molecule has 0 amide bonds. The summed E-state index contributed by atoms with van der Waals surface area (Å²) in [5, 5.41) is 28.5. The third-order valence-electron chi connectivity index (χ3n) is 3.71. The van der Waals surface area contributed by atoms with E-state index in [0.717, 1.165) is 6.42 Å².